The topological polar surface area (TPSA) is 24.4 Å². The van der Waals surface area contributed by atoms with Crippen molar-refractivity contribution in [2.75, 3.05) is 6.54 Å². The van der Waals surface area contributed by atoms with Crippen LogP contribution in [-0.4, -0.2) is 16.7 Å². The molecule has 1 unspecified atom stereocenters. The van der Waals surface area contributed by atoms with Crippen molar-refractivity contribution in [1.82, 2.24) is 5.32 Å². The summed E-state index contributed by atoms with van der Waals surface area (Å²) in [7, 11) is 0. The molecule has 0 aliphatic heterocycles. The SMILES string of the molecule is C/C=C(\N=C/C(C)C)NCC(C)I. The fourth-order valence-electron chi connectivity index (χ4n) is 0.697. The van der Waals surface area contributed by atoms with Crippen LogP contribution < -0.4 is 5.32 Å². The van der Waals surface area contributed by atoms with Crippen LogP contribution in [0.4, 0.5) is 0 Å². The van der Waals surface area contributed by atoms with E-state index in [-0.39, 0.29) is 0 Å². The Morgan fingerprint density at radius 3 is 2.46 bits per heavy atom. The van der Waals surface area contributed by atoms with Gasteiger partial charge in [0, 0.05) is 16.7 Å². The van der Waals surface area contributed by atoms with Gasteiger partial charge in [-0.2, -0.15) is 0 Å². The molecule has 0 saturated carbocycles. The maximum atomic E-state index is 4.34. The maximum Gasteiger partial charge on any atom is 0.121 e. The quantitative estimate of drug-likeness (QED) is 0.470. The molecule has 0 aliphatic carbocycles. The van der Waals surface area contributed by atoms with Crippen LogP contribution >= 0.6 is 22.6 Å². The van der Waals surface area contributed by atoms with Crippen molar-refractivity contribution in [3.63, 3.8) is 0 Å². The van der Waals surface area contributed by atoms with Gasteiger partial charge in [0.25, 0.3) is 0 Å². The molecule has 13 heavy (non-hydrogen) atoms. The van der Waals surface area contributed by atoms with Crippen molar-refractivity contribution in [3.8, 4) is 0 Å². The van der Waals surface area contributed by atoms with E-state index in [0.29, 0.717) is 9.84 Å². The molecule has 76 valence electrons. The predicted octanol–water partition coefficient (Wildman–Crippen LogP) is 2.99. The first-order chi connectivity index (χ1) is 6.06. The van der Waals surface area contributed by atoms with Gasteiger partial charge < -0.3 is 5.32 Å². The van der Waals surface area contributed by atoms with Gasteiger partial charge in [-0.25, -0.2) is 4.99 Å². The molecule has 0 bridgehead atoms. The van der Waals surface area contributed by atoms with E-state index < -0.39 is 0 Å². The molecular formula is C10H19IN2. The average molecular weight is 294 g/mol. The van der Waals surface area contributed by atoms with Gasteiger partial charge in [0.05, 0.1) is 0 Å². The molecule has 1 atom stereocenters. The number of hydrogen-bond donors (Lipinski definition) is 1. The number of aliphatic imine (C=N–C) groups is 1. The Hall–Kier alpha value is -0.0600. The van der Waals surface area contributed by atoms with Gasteiger partial charge in [0.1, 0.15) is 5.82 Å². The van der Waals surface area contributed by atoms with Crippen molar-refractivity contribution >= 4 is 28.8 Å². The Kier molecular flexibility index (Phi) is 7.32. The largest absolute Gasteiger partial charge is 0.369 e. The van der Waals surface area contributed by atoms with Crippen molar-refractivity contribution < 1.29 is 0 Å². The number of hydrogen-bond acceptors (Lipinski definition) is 2. The highest BCUT2D eigenvalue weighted by atomic mass is 127. The number of nitrogens with one attached hydrogen (secondary N) is 1. The molecule has 0 radical (unpaired) electrons. The fraction of sp³-hybridized carbons (Fsp3) is 0.700. The van der Waals surface area contributed by atoms with E-state index in [1.807, 2.05) is 19.2 Å². The van der Waals surface area contributed by atoms with Crippen molar-refractivity contribution in [1.29, 1.82) is 0 Å². The Morgan fingerprint density at radius 1 is 1.46 bits per heavy atom. The summed E-state index contributed by atoms with van der Waals surface area (Å²) >= 11 is 2.39. The minimum atomic E-state index is 0.508. The molecule has 0 aromatic rings. The van der Waals surface area contributed by atoms with Crippen LogP contribution in [0.1, 0.15) is 27.7 Å². The highest BCUT2D eigenvalue weighted by Crippen LogP contribution is 1.99. The zero-order valence-corrected chi connectivity index (χ0v) is 11.0. The summed E-state index contributed by atoms with van der Waals surface area (Å²) < 4.78 is 0.627. The molecule has 2 nitrogen and oxygen atoms in total. The van der Waals surface area contributed by atoms with Crippen LogP contribution in [0.25, 0.3) is 0 Å². The van der Waals surface area contributed by atoms with E-state index >= 15 is 0 Å². The molecule has 0 heterocycles. The lowest BCUT2D eigenvalue weighted by Gasteiger charge is -2.07. The molecular weight excluding hydrogens is 275 g/mol. The van der Waals surface area contributed by atoms with E-state index in [4.69, 9.17) is 0 Å². The van der Waals surface area contributed by atoms with Crippen LogP contribution in [0.15, 0.2) is 16.9 Å². The molecule has 0 aromatic heterocycles. The highest BCUT2D eigenvalue weighted by Gasteiger charge is 1.96. The second kappa shape index (κ2) is 7.35. The number of allylic oxidation sites excluding steroid dienone is 1. The zero-order chi connectivity index (χ0) is 10.3. The number of rotatable bonds is 5. The third kappa shape index (κ3) is 8.28. The lowest BCUT2D eigenvalue weighted by Crippen LogP contribution is -2.19. The lowest BCUT2D eigenvalue weighted by atomic mass is 10.2. The first-order valence-electron chi connectivity index (χ1n) is 4.64. The summed E-state index contributed by atoms with van der Waals surface area (Å²) in [5.74, 6) is 1.48. The molecule has 0 aliphatic rings. The molecule has 3 heteroatoms. The third-order valence-electron chi connectivity index (χ3n) is 1.35. The summed E-state index contributed by atoms with van der Waals surface area (Å²) in [5.41, 5.74) is 0. The standard InChI is InChI=1S/C10H19IN2/c1-5-10(12-6-8(2)3)13-7-9(4)11/h5-6,8-9,13H,7H2,1-4H3/b10-5+,12-6-. The first-order valence-corrected chi connectivity index (χ1v) is 5.89. The Morgan fingerprint density at radius 2 is 2.08 bits per heavy atom. The maximum absolute atomic E-state index is 4.34. The third-order valence-corrected chi connectivity index (χ3v) is 1.79. The monoisotopic (exact) mass is 294 g/mol. The number of halogens is 1. The van der Waals surface area contributed by atoms with Gasteiger partial charge >= 0.3 is 0 Å². The van der Waals surface area contributed by atoms with Gasteiger partial charge in [-0.15, -0.1) is 0 Å². The molecule has 0 saturated heterocycles. The van der Waals surface area contributed by atoms with Crippen molar-refractivity contribution in [2.45, 2.75) is 31.6 Å². The van der Waals surface area contributed by atoms with E-state index in [9.17, 15) is 0 Å². The van der Waals surface area contributed by atoms with Crippen LogP contribution in [0, 0.1) is 5.92 Å². The van der Waals surface area contributed by atoms with E-state index in [2.05, 4.69) is 53.7 Å². The summed E-state index contributed by atoms with van der Waals surface area (Å²) in [5, 5.41) is 3.28. The summed E-state index contributed by atoms with van der Waals surface area (Å²) in [6.07, 6.45) is 3.96. The summed E-state index contributed by atoms with van der Waals surface area (Å²) in [6, 6.07) is 0. The smallest absolute Gasteiger partial charge is 0.121 e. The van der Waals surface area contributed by atoms with Crippen LogP contribution in [0.5, 0.6) is 0 Å². The molecule has 0 amide bonds. The number of nitrogens with zero attached hydrogens (tertiary/aromatic N) is 1. The Balaban J connectivity index is 3.92. The lowest BCUT2D eigenvalue weighted by molar-refractivity contribution is 0.782. The van der Waals surface area contributed by atoms with Gasteiger partial charge in [0.2, 0.25) is 0 Å². The van der Waals surface area contributed by atoms with E-state index in [1.165, 1.54) is 0 Å². The molecule has 0 aromatic carbocycles. The molecule has 1 N–H and O–H groups in total. The second-order valence-electron chi connectivity index (χ2n) is 3.36. The summed E-state index contributed by atoms with van der Waals surface area (Å²) in [6.45, 7) is 9.38. The first kappa shape index (κ1) is 12.9. The van der Waals surface area contributed by atoms with Crippen LogP contribution in [0.3, 0.4) is 0 Å². The van der Waals surface area contributed by atoms with E-state index in [0.717, 1.165) is 12.4 Å². The second-order valence-corrected chi connectivity index (χ2v) is 5.48. The normalized spacial score (nSPS) is 15.4. The molecule has 0 fully saturated rings. The fourth-order valence-corrected chi connectivity index (χ4v) is 0.917. The number of alkyl halides is 1. The van der Waals surface area contributed by atoms with Gasteiger partial charge in [-0.3, -0.25) is 0 Å². The molecule has 0 rings (SSSR count). The van der Waals surface area contributed by atoms with Gasteiger partial charge in [-0.1, -0.05) is 43.4 Å². The van der Waals surface area contributed by atoms with Crippen LogP contribution in [0.2, 0.25) is 0 Å². The van der Waals surface area contributed by atoms with Gasteiger partial charge in [-0.05, 0) is 18.9 Å². The predicted molar refractivity (Wildman–Crippen MR) is 68.6 cm³/mol. The van der Waals surface area contributed by atoms with Gasteiger partial charge in [0.15, 0.2) is 0 Å². The zero-order valence-electron chi connectivity index (χ0n) is 8.84. The average Bonchev–Trinajstić information content (AvgIpc) is 2.04. The minimum Gasteiger partial charge on any atom is -0.369 e. The minimum absolute atomic E-state index is 0.508. The molecule has 0 spiro atoms. The van der Waals surface area contributed by atoms with Crippen molar-refractivity contribution in [3.05, 3.63) is 11.9 Å². The summed E-state index contributed by atoms with van der Waals surface area (Å²) in [4.78, 5) is 4.34. The highest BCUT2D eigenvalue weighted by molar-refractivity contribution is 14.1. The Labute approximate surface area is 95.0 Å². The van der Waals surface area contributed by atoms with E-state index in [1.54, 1.807) is 0 Å². The van der Waals surface area contributed by atoms with Crippen molar-refractivity contribution in [2.24, 2.45) is 10.9 Å². The Bertz CT molecular complexity index is 183. The van der Waals surface area contributed by atoms with Crippen LogP contribution in [-0.2, 0) is 0 Å².